The van der Waals surface area contributed by atoms with Crippen molar-refractivity contribution in [3.8, 4) is 0 Å². The molecule has 2 heteroatoms. The minimum atomic E-state index is 0.276. The van der Waals surface area contributed by atoms with E-state index in [-0.39, 0.29) is 6.04 Å². The van der Waals surface area contributed by atoms with E-state index in [4.69, 9.17) is 5.73 Å². The van der Waals surface area contributed by atoms with Crippen molar-refractivity contribution in [3.63, 3.8) is 0 Å². The molecule has 1 rings (SSSR count). The Bertz CT molecular complexity index is 110. The van der Waals surface area contributed by atoms with Crippen LogP contribution in [0.3, 0.4) is 0 Å². The monoisotopic (exact) mass is 141 g/mol. The zero-order valence-electron chi connectivity index (χ0n) is 6.25. The summed E-state index contributed by atoms with van der Waals surface area (Å²) in [6.45, 7) is 0. The first-order valence-corrected chi connectivity index (χ1v) is 4.02. The van der Waals surface area contributed by atoms with Crippen molar-refractivity contribution in [2.75, 3.05) is 0 Å². The third kappa shape index (κ3) is 2.97. The Morgan fingerprint density at radius 2 is 2.30 bits per heavy atom. The number of aldehydes is 1. The molecule has 0 aromatic heterocycles. The van der Waals surface area contributed by atoms with Gasteiger partial charge in [0.2, 0.25) is 0 Å². The fourth-order valence-corrected chi connectivity index (χ4v) is 1.18. The standard InChI is InChI=1S/C8H15NO/c9-8(2-1-5-10)6-7-3-4-7/h5,7-8H,1-4,6,9H2. The topological polar surface area (TPSA) is 43.1 Å². The van der Waals surface area contributed by atoms with Crippen LogP contribution in [0.1, 0.15) is 32.1 Å². The van der Waals surface area contributed by atoms with Crippen molar-refractivity contribution in [2.24, 2.45) is 11.7 Å². The van der Waals surface area contributed by atoms with Gasteiger partial charge in [-0.3, -0.25) is 0 Å². The van der Waals surface area contributed by atoms with E-state index in [1.807, 2.05) is 0 Å². The summed E-state index contributed by atoms with van der Waals surface area (Å²) in [5.41, 5.74) is 5.74. The van der Waals surface area contributed by atoms with Gasteiger partial charge in [0, 0.05) is 12.5 Å². The van der Waals surface area contributed by atoms with E-state index in [1.165, 1.54) is 12.8 Å². The Hall–Kier alpha value is -0.370. The first kappa shape index (κ1) is 7.73. The highest BCUT2D eigenvalue weighted by Gasteiger charge is 2.23. The Morgan fingerprint density at radius 1 is 1.60 bits per heavy atom. The SMILES string of the molecule is NC(CCC=O)CC1CC1. The second-order valence-corrected chi connectivity index (χ2v) is 3.18. The lowest BCUT2D eigenvalue weighted by atomic mass is 10.1. The third-order valence-electron chi connectivity index (χ3n) is 1.99. The largest absolute Gasteiger partial charge is 0.328 e. The average molecular weight is 141 g/mol. The quantitative estimate of drug-likeness (QED) is 0.582. The van der Waals surface area contributed by atoms with E-state index >= 15 is 0 Å². The first-order valence-electron chi connectivity index (χ1n) is 4.02. The van der Waals surface area contributed by atoms with Crippen LogP contribution in [0.15, 0.2) is 0 Å². The number of nitrogens with two attached hydrogens (primary N) is 1. The second-order valence-electron chi connectivity index (χ2n) is 3.18. The van der Waals surface area contributed by atoms with Crippen LogP contribution in [0.25, 0.3) is 0 Å². The predicted molar refractivity (Wildman–Crippen MR) is 40.6 cm³/mol. The summed E-state index contributed by atoms with van der Waals surface area (Å²) in [6.07, 6.45) is 6.30. The third-order valence-corrected chi connectivity index (χ3v) is 1.99. The molecule has 0 radical (unpaired) electrons. The van der Waals surface area contributed by atoms with Crippen molar-refractivity contribution in [2.45, 2.75) is 38.1 Å². The molecule has 0 spiro atoms. The Kier molecular flexibility index (Phi) is 2.87. The van der Waals surface area contributed by atoms with Crippen molar-refractivity contribution in [1.82, 2.24) is 0 Å². The van der Waals surface area contributed by atoms with Gasteiger partial charge in [0.15, 0.2) is 0 Å². The van der Waals surface area contributed by atoms with E-state index in [9.17, 15) is 4.79 Å². The van der Waals surface area contributed by atoms with Gasteiger partial charge in [-0.1, -0.05) is 12.8 Å². The summed E-state index contributed by atoms with van der Waals surface area (Å²) in [4.78, 5) is 9.96. The highest BCUT2D eigenvalue weighted by molar-refractivity contribution is 5.49. The molecule has 0 heterocycles. The number of hydrogen-bond acceptors (Lipinski definition) is 2. The van der Waals surface area contributed by atoms with E-state index < -0.39 is 0 Å². The lowest BCUT2D eigenvalue weighted by molar-refractivity contribution is -0.108. The van der Waals surface area contributed by atoms with E-state index in [0.29, 0.717) is 6.42 Å². The van der Waals surface area contributed by atoms with Crippen LogP contribution in [-0.4, -0.2) is 12.3 Å². The molecule has 1 aliphatic rings. The molecule has 1 aliphatic carbocycles. The summed E-state index contributed by atoms with van der Waals surface area (Å²) >= 11 is 0. The second kappa shape index (κ2) is 3.71. The summed E-state index contributed by atoms with van der Waals surface area (Å²) in [5.74, 6) is 0.890. The average Bonchev–Trinajstić information content (AvgIpc) is 2.67. The van der Waals surface area contributed by atoms with Gasteiger partial charge in [0.05, 0.1) is 0 Å². The lowest BCUT2D eigenvalue weighted by Crippen LogP contribution is -2.20. The van der Waals surface area contributed by atoms with Gasteiger partial charge < -0.3 is 10.5 Å². The molecule has 1 fully saturated rings. The molecule has 1 unspecified atom stereocenters. The van der Waals surface area contributed by atoms with Crippen molar-refractivity contribution >= 4 is 6.29 Å². The number of hydrogen-bond donors (Lipinski definition) is 1. The fraction of sp³-hybridized carbons (Fsp3) is 0.875. The van der Waals surface area contributed by atoms with E-state index in [2.05, 4.69) is 0 Å². The Morgan fingerprint density at radius 3 is 2.80 bits per heavy atom. The molecular weight excluding hydrogens is 126 g/mol. The van der Waals surface area contributed by atoms with Crippen LogP contribution in [-0.2, 0) is 4.79 Å². The maximum Gasteiger partial charge on any atom is 0.120 e. The molecule has 0 aromatic carbocycles. The molecular formula is C8H15NO. The maximum atomic E-state index is 9.96. The molecule has 1 saturated carbocycles. The van der Waals surface area contributed by atoms with Gasteiger partial charge in [0.25, 0.3) is 0 Å². The van der Waals surface area contributed by atoms with E-state index in [0.717, 1.165) is 25.0 Å². The van der Waals surface area contributed by atoms with Gasteiger partial charge in [-0.05, 0) is 18.8 Å². The molecule has 0 aliphatic heterocycles. The number of carbonyl (C=O) groups is 1. The summed E-state index contributed by atoms with van der Waals surface area (Å²) in [7, 11) is 0. The lowest BCUT2D eigenvalue weighted by Gasteiger charge is -2.06. The maximum absolute atomic E-state index is 9.96. The molecule has 0 saturated heterocycles. The molecule has 1 atom stereocenters. The van der Waals surface area contributed by atoms with Crippen LogP contribution in [0.5, 0.6) is 0 Å². The highest BCUT2D eigenvalue weighted by Crippen LogP contribution is 2.33. The van der Waals surface area contributed by atoms with Gasteiger partial charge in [-0.25, -0.2) is 0 Å². The van der Waals surface area contributed by atoms with Crippen LogP contribution in [0.4, 0.5) is 0 Å². The zero-order valence-corrected chi connectivity index (χ0v) is 6.25. The van der Waals surface area contributed by atoms with Crippen molar-refractivity contribution in [1.29, 1.82) is 0 Å². The van der Waals surface area contributed by atoms with Crippen LogP contribution in [0, 0.1) is 5.92 Å². The molecule has 0 bridgehead atoms. The van der Waals surface area contributed by atoms with Crippen LogP contribution < -0.4 is 5.73 Å². The predicted octanol–water partition coefficient (Wildman–Crippen LogP) is 1.09. The molecule has 58 valence electrons. The highest BCUT2D eigenvalue weighted by atomic mass is 16.1. The summed E-state index contributed by atoms with van der Waals surface area (Å²) in [5, 5.41) is 0. The number of rotatable bonds is 5. The molecule has 2 N–H and O–H groups in total. The van der Waals surface area contributed by atoms with Gasteiger partial charge in [-0.15, -0.1) is 0 Å². The molecule has 0 amide bonds. The fourth-order valence-electron chi connectivity index (χ4n) is 1.18. The van der Waals surface area contributed by atoms with Gasteiger partial charge in [-0.2, -0.15) is 0 Å². The molecule has 10 heavy (non-hydrogen) atoms. The Balaban J connectivity index is 1.96. The zero-order chi connectivity index (χ0) is 7.40. The summed E-state index contributed by atoms with van der Waals surface area (Å²) < 4.78 is 0. The molecule has 2 nitrogen and oxygen atoms in total. The van der Waals surface area contributed by atoms with Crippen LogP contribution >= 0.6 is 0 Å². The number of carbonyl (C=O) groups excluding carboxylic acids is 1. The van der Waals surface area contributed by atoms with Crippen molar-refractivity contribution in [3.05, 3.63) is 0 Å². The van der Waals surface area contributed by atoms with Gasteiger partial charge >= 0.3 is 0 Å². The van der Waals surface area contributed by atoms with Gasteiger partial charge in [0.1, 0.15) is 6.29 Å². The smallest absolute Gasteiger partial charge is 0.120 e. The Labute approximate surface area is 61.8 Å². The molecule has 0 aromatic rings. The normalized spacial score (nSPS) is 20.5. The van der Waals surface area contributed by atoms with Crippen LogP contribution in [0.2, 0.25) is 0 Å². The van der Waals surface area contributed by atoms with E-state index in [1.54, 1.807) is 0 Å². The van der Waals surface area contributed by atoms with Crippen molar-refractivity contribution < 1.29 is 4.79 Å². The minimum absolute atomic E-state index is 0.276. The summed E-state index contributed by atoms with van der Waals surface area (Å²) in [6, 6.07) is 0.276. The first-order chi connectivity index (χ1) is 4.83. The minimum Gasteiger partial charge on any atom is -0.328 e.